The lowest BCUT2D eigenvalue weighted by Crippen LogP contribution is -2.46. The van der Waals surface area contributed by atoms with Crippen LogP contribution >= 0.6 is 0 Å². The highest BCUT2D eigenvalue weighted by Crippen LogP contribution is 2.28. The van der Waals surface area contributed by atoms with Crippen LogP contribution in [0.15, 0.2) is 47.5 Å². The molecule has 0 spiro atoms. The first-order valence-electron chi connectivity index (χ1n) is 8.36. The quantitative estimate of drug-likeness (QED) is 0.906. The molecule has 1 aliphatic heterocycles. The number of anilines is 1. The molecule has 1 saturated heterocycles. The van der Waals surface area contributed by atoms with E-state index in [1.54, 1.807) is 17.0 Å². The summed E-state index contributed by atoms with van der Waals surface area (Å²) in [7, 11) is 2.11. The minimum Gasteiger partial charge on any atom is -0.373 e. The fourth-order valence-electron chi connectivity index (χ4n) is 3.17. The fourth-order valence-corrected chi connectivity index (χ4v) is 3.17. The van der Waals surface area contributed by atoms with Gasteiger partial charge in [-0.25, -0.2) is 4.98 Å². The molecule has 2 atom stereocenters. The number of morpholine rings is 1. The molecule has 1 aromatic carbocycles. The van der Waals surface area contributed by atoms with E-state index in [1.807, 2.05) is 25.1 Å². The van der Waals surface area contributed by atoms with Crippen molar-refractivity contribution in [3.8, 4) is 0 Å². The van der Waals surface area contributed by atoms with Gasteiger partial charge >= 0.3 is 0 Å². The lowest BCUT2D eigenvalue weighted by atomic mass is 9.98. The third kappa shape index (κ3) is 3.49. The Morgan fingerprint density at radius 1 is 1.33 bits per heavy atom. The lowest BCUT2D eigenvalue weighted by molar-refractivity contribution is -0.0557. The van der Waals surface area contributed by atoms with Gasteiger partial charge in [0.05, 0.1) is 18.8 Å². The molecule has 6 nitrogen and oxygen atoms in total. The van der Waals surface area contributed by atoms with Crippen LogP contribution in [0, 0.1) is 0 Å². The van der Waals surface area contributed by atoms with Gasteiger partial charge in [0.25, 0.3) is 5.56 Å². The van der Waals surface area contributed by atoms with E-state index in [2.05, 4.69) is 34.4 Å². The van der Waals surface area contributed by atoms with Crippen LogP contribution in [0.5, 0.6) is 0 Å². The van der Waals surface area contributed by atoms with E-state index in [0.717, 1.165) is 6.54 Å². The molecule has 24 heavy (non-hydrogen) atoms. The summed E-state index contributed by atoms with van der Waals surface area (Å²) in [6, 6.07) is 10.5. The maximum Gasteiger partial charge on any atom is 0.293 e. The summed E-state index contributed by atoms with van der Waals surface area (Å²) < 4.78 is 7.63. The van der Waals surface area contributed by atoms with Gasteiger partial charge in [-0.1, -0.05) is 30.3 Å². The van der Waals surface area contributed by atoms with Crippen molar-refractivity contribution >= 4 is 5.82 Å². The van der Waals surface area contributed by atoms with Crippen LogP contribution in [-0.2, 0) is 11.3 Å². The number of rotatable bonds is 5. The smallest absolute Gasteiger partial charge is 0.293 e. The van der Waals surface area contributed by atoms with E-state index in [0.29, 0.717) is 25.5 Å². The third-order valence-electron chi connectivity index (χ3n) is 4.47. The van der Waals surface area contributed by atoms with Crippen LogP contribution in [0.2, 0.25) is 0 Å². The van der Waals surface area contributed by atoms with E-state index >= 15 is 0 Å². The second-order valence-corrected chi connectivity index (χ2v) is 5.99. The van der Waals surface area contributed by atoms with Gasteiger partial charge in [-0.05, 0) is 19.5 Å². The minimum atomic E-state index is -0.0968. The normalized spacial score (nSPS) is 21.6. The van der Waals surface area contributed by atoms with E-state index in [9.17, 15) is 4.79 Å². The van der Waals surface area contributed by atoms with Crippen molar-refractivity contribution in [1.82, 2.24) is 14.5 Å². The Morgan fingerprint density at radius 2 is 2.12 bits per heavy atom. The van der Waals surface area contributed by atoms with Gasteiger partial charge < -0.3 is 14.6 Å². The van der Waals surface area contributed by atoms with Crippen molar-refractivity contribution in [2.24, 2.45) is 0 Å². The first-order valence-corrected chi connectivity index (χ1v) is 8.36. The van der Waals surface area contributed by atoms with Crippen LogP contribution in [0.3, 0.4) is 0 Å². The lowest BCUT2D eigenvalue weighted by Gasteiger charge is -2.39. The Bertz CT molecular complexity index is 716. The summed E-state index contributed by atoms with van der Waals surface area (Å²) >= 11 is 0. The molecule has 0 saturated carbocycles. The number of aryl methyl sites for hydroxylation is 1. The Labute approximate surface area is 142 Å². The first-order chi connectivity index (χ1) is 11.7. The SMILES string of the molecule is CCn1ccnc(NC[C@@H]2OCCN(C)[C@H]2c2ccccc2)c1=O. The highest BCUT2D eigenvalue weighted by atomic mass is 16.5. The molecule has 1 aromatic heterocycles. The average molecular weight is 328 g/mol. The molecular formula is C18H24N4O2. The largest absolute Gasteiger partial charge is 0.373 e. The predicted molar refractivity (Wildman–Crippen MR) is 94.2 cm³/mol. The maximum absolute atomic E-state index is 12.3. The molecule has 0 amide bonds. The molecule has 2 aromatic rings. The van der Waals surface area contributed by atoms with E-state index in [-0.39, 0.29) is 17.7 Å². The molecule has 0 unspecified atom stereocenters. The Kier molecular flexibility index (Phi) is 5.27. The molecule has 0 radical (unpaired) electrons. The average Bonchev–Trinajstić information content (AvgIpc) is 2.61. The summed E-state index contributed by atoms with van der Waals surface area (Å²) in [6.07, 6.45) is 3.31. The van der Waals surface area contributed by atoms with E-state index in [4.69, 9.17) is 4.74 Å². The van der Waals surface area contributed by atoms with Crippen LogP contribution in [0.4, 0.5) is 5.82 Å². The van der Waals surface area contributed by atoms with Gasteiger partial charge in [0, 0.05) is 32.0 Å². The molecule has 3 rings (SSSR count). The zero-order valence-electron chi connectivity index (χ0n) is 14.2. The van der Waals surface area contributed by atoms with Crippen LogP contribution in [-0.4, -0.2) is 47.3 Å². The molecular weight excluding hydrogens is 304 g/mol. The molecule has 0 aliphatic carbocycles. The molecule has 1 N–H and O–H groups in total. The van der Waals surface area contributed by atoms with Crippen molar-refractivity contribution in [3.63, 3.8) is 0 Å². The van der Waals surface area contributed by atoms with Crippen molar-refractivity contribution in [2.45, 2.75) is 25.6 Å². The second-order valence-electron chi connectivity index (χ2n) is 5.99. The Morgan fingerprint density at radius 3 is 2.88 bits per heavy atom. The van der Waals surface area contributed by atoms with Crippen molar-refractivity contribution in [2.75, 3.05) is 32.1 Å². The molecule has 6 heteroatoms. The summed E-state index contributed by atoms with van der Waals surface area (Å²) in [5, 5.41) is 3.18. The number of likely N-dealkylation sites (N-methyl/N-ethyl adjacent to an activating group) is 1. The molecule has 0 bridgehead atoms. The Balaban J connectivity index is 1.76. The predicted octanol–water partition coefficient (Wildman–Crippen LogP) is 1.75. The maximum atomic E-state index is 12.3. The molecule has 1 aliphatic rings. The number of nitrogens with one attached hydrogen (secondary N) is 1. The third-order valence-corrected chi connectivity index (χ3v) is 4.47. The summed E-state index contributed by atoms with van der Waals surface area (Å²) in [5.74, 6) is 0.378. The van der Waals surface area contributed by atoms with Crippen molar-refractivity contribution in [3.05, 3.63) is 58.6 Å². The second kappa shape index (κ2) is 7.59. The highest BCUT2D eigenvalue weighted by Gasteiger charge is 2.31. The van der Waals surface area contributed by atoms with E-state index in [1.165, 1.54) is 5.56 Å². The summed E-state index contributed by atoms with van der Waals surface area (Å²) in [6.45, 7) is 4.69. The number of ether oxygens (including phenoxy) is 1. The first kappa shape index (κ1) is 16.7. The van der Waals surface area contributed by atoms with Crippen LogP contribution in [0.1, 0.15) is 18.5 Å². The summed E-state index contributed by atoms with van der Waals surface area (Å²) in [4.78, 5) is 18.7. The van der Waals surface area contributed by atoms with Gasteiger partial charge in [-0.15, -0.1) is 0 Å². The molecule has 2 heterocycles. The van der Waals surface area contributed by atoms with Gasteiger partial charge in [0.1, 0.15) is 0 Å². The van der Waals surface area contributed by atoms with Crippen molar-refractivity contribution < 1.29 is 4.74 Å². The summed E-state index contributed by atoms with van der Waals surface area (Å²) in [5.41, 5.74) is 1.12. The topological polar surface area (TPSA) is 59.4 Å². The Hall–Kier alpha value is -2.18. The van der Waals surface area contributed by atoms with E-state index < -0.39 is 0 Å². The number of hydrogen-bond acceptors (Lipinski definition) is 5. The van der Waals surface area contributed by atoms with Crippen molar-refractivity contribution in [1.29, 1.82) is 0 Å². The monoisotopic (exact) mass is 328 g/mol. The van der Waals surface area contributed by atoms with Gasteiger partial charge in [0.15, 0.2) is 5.82 Å². The number of hydrogen-bond donors (Lipinski definition) is 1. The number of aromatic nitrogens is 2. The highest BCUT2D eigenvalue weighted by molar-refractivity contribution is 5.31. The van der Waals surface area contributed by atoms with Gasteiger partial charge in [0.2, 0.25) is 0 Å². The number of benzene rings is 1. The van der Waals surface area contributed by atoms with Crippen LogP contribution in [0.25, 0.3) is 0 Å². The van der Waals surface area contributed by atoms with Gasteiger partial charge in [-0.2, -0.15) is 0 Å². The zero-order valence-corrected chi connectivity index (χ0v) is 14.2. The standard InChI is InChI=1S/C18H24N4O2/c1-3-22-10-9-19-17(18(22)23)20-13-15-16(21(2)11-12-24-15)14-7-5-4-6-8-14/h4-10,15-16H,3,11-13H2,1-2H3,(H,19,20)/t15-,16-/m0/s1. The molecule has 1 fully saturated rings. The number of nitrogens with zero attached hydrogens (tertiary/aromatic N) is 3. The minimum absolute atomic E-state index is 0.0392. The van der Waals surface area contributed by atoms with Gasteiger partial charge in [-0.3, -0.25) is 9.69 Å². The van der Waals surface area contributed by atoms with Crippen LogP contribution < -0.4 is 10.9 Å². The zero-order chi connectivity index (χ0) is 16.9. The fraction of sp³-hybridized carbons (Fsp3) is 0.444. The molecule has 128 valence electrons.